The second kappa shape index (κ2) is 4.12. The lowest BCUT2D eigenvalue weighted by molar-refractivity contribution is 0.00323. The van der Waals surface area contributed by atoms with Gasteiger partial charge in [0.05, 0.1) is 10.6 Å². The molecule has 0 amide bonds. The van der Waals surface area contributed by atoms with Gasteiger partial charge in [-0.25, -0.2) is 8.42 Å². The Morgan fingerprint density at radius 2 is 2.20 bits per heavy atom. The lowest BCUT2D eigenvalue weighted by Crippen LogP contribution is -2.08. The SMILES string of the molecule is [N-]=[N+]=CCS(=O)(=O)c1ccc(O)c(N)c1. The molecule has 0 saturated carbocycles. The van der Waals surface area contributed by atoms with Crippen molar-refractivity contribution in [2.45, 2.75) is 4.90 Å². The summed E-state index contributed by atoms with van der Waals surface area (Å²) in [6.45, 7) is 0. The summed E-state index contributed by atoms with van der Waals surface area (Å²) < 4.78 is 23.0. The molecule has 1 rings (SSSR count). The summed E-state index contributed by atoms with van der Waals surface area (Å²) in [5.74, 6) is -0.599. The van der Waals surface area contributed by atoms with Crippen molar-refractivity contribution >= 4 is 21.7 Å². The zero-order chi connectivity index (χ0) is 11.5. The average molecular weight is 227 g/mol. The third-order valence-corrected chi connectivity index (χ3v) is 3.29. The van der Waals surface area contributed by atoms with Crippen molar-refractivity contribution < 1.29 is 18.3 Å². The lowest BCUT2D eigenvalue weighted by atomic mass is 10.3. The van der Waals surface area contributed by atoms with Crippen molar-refractivity contribution in [1.82, 2.24) is 0 Å². The number of nitrogen functional groups attached to an aromatic ring is 1. The maximum atomic E-state index is 11.5. The number of sulfone groups is 1. The molecule has 0 aliphatic rings. The van der Waals surface area contributed by atoms with Gasteiger partial charge >= 0.3 is 0 Å². The molecule has 3 N–H and O–H groups in total. The van der Waals surface area contributed by atoms with Crippen LogP contribution in [0.1, 0.15) is 0 Å². The van der Waals surface area contributed by atoms with E-state index in [-0.39, 0.29) is 16.3 Å². The van der Waals surface area contributed by atoms with Gasteiger partial charge in [0.15, 0.2) is 9.84 Å². The van der Waals surface area contributed by atoms with E-state index >= 15 is 0 Å². The first-order chi connectivity index (χ1) is 6.97. The number of anilines is 1. The molecule has 0 fully saturated rings. The minimum atomic E-state index is -3.56. The van der Waals surface area contributed by atoms with Crippen LogP contribution in [0, 0.1) is 0 Å². The summed E-state index contributed by atoms with van der Waals surface area (Å²) in [4.78, 5) is 2.57. The number of phenolic OH excluding ortho intramolecular Hbond substituents is 1. The predicted octanol–water partition coefficient (Wildman–Crippen LogP) is 0.0487. The Morgan fingerprint density at radius 3 is 2.73 bits per heavy atom. The van der Waals surface area contributed by atoms with E-state index in [1.807, 2.05) is 0 Å². The monoisotopic (exact) mass is 227 g/mol. The zero-order valence-electron chi connectivity index (χ0n) is 7.66. The number of hydrogen-bond donors (Lipinski definition) is 2. The Balaban J connectivity index is 3.16. The molecule has 80 valence electrons. The molecule has 0 aliphatic carbocycles. The molecule has 1 aromatic carbocycles. The van der Waals surface area contributed by atoms with Crippen LogP contribution in [0.3, 0.4) is 0 Å². The number of nitrogens with two attached hydrogens (primary N) is 1. The van der Waals surface area contributed by atoms with E-state index in [2.05, 4.69) is 4.79 Å². The van der Waals surface area contributed by atoms with Crippen LogP contribution in [0.4, 0.5) is 5.69 Å². The second-order valence-corrected chi connectivity index (χ2v) is 4.83. The quantitative estimate of drug-likeness (QED) is 0.249. The highest BCUT2D eigenvalue weighted by molar-refractivity contribution is 7.92. The van der Waals surface area contributed by atoms with Crippen LogP contribution >= 0.6 is 0 Å². The lowest BCUT2D eigenvalue weighted by Gasteiger charge is -2.02. The Labute approximate surface area is 86.5 Å². The molecule has 0 bridgehead atoms. The van der Waals surface area contributed by atoms with E-state index in [0.717, 1.165) is 12.3 Å². The minimum Gasteiger partial charge on any atom is -0.506 e. The highest BCUT2D eigenvalue weighted by Gasteiger charge is 2.16. The standard InChI is InChI=1S/C8H9N3O3S/c9-7-5-6(1-2-8(7)12)15(13,14)4-3-11-10/h1-3,5,12H,4,9H2. The normalized spacial score (nSPS) is 10.7. The smallest absolute Gasteiger partial charge is 0.272 e. The number of aromatic hydroxyl groups is 1. The van der Waals surface area contributed by atoms with Gasteiger partial charge in [-0.3, -0.25) is 0 Å². The van der Waals surface area contributed by atoms with Gasteiger partial charge in [0.2, 0.25) is 0 Å². The van der Waals surface area contributed by atoms with Crippen LogP contribution in [-0.2, 0) is 9.84 Å². The highest BCUT2D eigenvalue weighted by atomic mass is 32.2. The van der Waals surface area contributed by atoms with Gasteiger partial charge in [-0.15, -0.1) is 0 Å². The van der Waals surface area contributed by atoms with Crippen molar-refractivity contribution in [2.75, 3.05) is 11.5 Å². The van der Waals surface area contributed by atoms with Gasteiger partial charge in [-0.1, -0.05) is 0 Å². The van der Waals surface area contributed by atoms with Gasteiger partial charge < -0.3 is 16.4 Å². The van der Waals surface area contributed by atoms with Crippen molar-refractivity contribution in [3.63, 3.8) is 0 Å². The van der Waals surface area contributed by atoms with Crippen LogP contribution < -0.4 is 5.73 Å². The second-order valence-electron chi connectivity index (χ2n) is 2.80. The Hall–Kier alpha value is -1.85. The first kappa shape index (κ1) is 11.2. The van der Waals surface area contributed by atoms with E-state index in [0.29, 0.717) is 0 Å². The number of phenols is 1. The first-order valence-corrected chi connectivity index (χ1v) is 5.60. The maximum absolute atomic E-state index is 11.5. The van der Waals surface area contributed by atoms with Crippen LogP contribution in [0.15, 0.2) is 23.1 Å². The molecule has 0 radical (unpaired) electrons. The number of nitrogens with zero attached hydrogens (tertiary/aromatic N) is 2. The first-order valence-electron chi connectivity index (χ1n) is 3.94. The fourth-order valence-electron chi connectivity index (χ4n) is 0.954. The molecule has 6 nitrogen and oxygen atoms in total. The summed E-state index contributed by atoms with van der Waals surface area (Å²) in [6.07, 6.45) is 0.860. The van der Waals surface area contributed by atoms with Crippen LogP contribution in [0.5, 0.6) is 5.75 Å². The fraction of sp³-hybridized carbons (Fsp3) is 0.125. The van der Waals surface area contributed by atoms with E-state index in [1.54, 1.807) is 0 Å². The van der Waals surface area contributed by atoms with Crippen molar-refractivity contribution in [3.8, 4) is 5.75 Å². The molecule has 1 aromatic rings. The molecule has 7 heteroatoms. The molecular formula is C8H9N3O3S. The molecule has 15 heavy (non-hydrogen) atoms. The third kappa shape index (κ3) is 2.55. The topological polar surface area (TPSA) is 117 Å². The summed E-state index contributed by atoms with van der Waals surface area (Å²) in [5.41, 5.74) is 13.4. The molecule has 0 unspecified atom stereocenters. The van der Waals surface area contributed by atoms with Gasteiger partial charge in [-0.05, 0) is 18.2 Å². The summed E-state index contributed by atoms with van der Waals surface area (Å²) in [5, 5.41) is 9.10. The van der Waals surface area contributed by atoms with Crippen molar-refractivity contribution in [2.24, 2.45) is 0 Å². The number of hydrogen-bond acceptors (Lipinski definition) is 4. The van der Waals surface area contributed by atoms with E-state index in [1.165, 1.54) is 12.1 Å². The van der Waals surface area contributed by atoms with Crippen LogP contribution in [0.25, 0.3) is 5.53 Å². The molecule has 0 spiro atoms. The molecule has 0 saturated heterocycles. The van der Waals surface area contributed by atoms with Gasteiger partial charge in [0.1, 0.15) is 11.5 Å². The van der Waals surface area contributed by atoms with Gasteiger partial charge in [-0.2, -0.15) is 4.79 Å². The number of rotatable bonds is 3. The van der Waals surface area contributed by atoms with E-state index < -0.39 is 15.6 Å². The van der Waals surface area contributed by atoms with Crippen LogP contribution in [0.2, 0.25) is 0 Å². The summed E-state index contributed by atoms with van der Waals surface area (Å²) in [7, 11) is -3.56. The third-order valence-electron chi connectivity index (χ3n) is 1.73. The number of benzene rings is 1. The molecule has 0 aromatic heterocycles. The van der Waals surface area contributed by atoms with Crippen LogP contribution in [-0.4, -0.2) is 30.3 Å². The molecular weight excluding hydrogens is 218 g/mol. The highest BCUT2D eigenvalue weighted by Crippen LogP contribution is 2.23. The van der Waals surface area contributed by atoms with Crippen molar-refractivity contribution in [1.29, 1.82) is 0 Å². The predicted molar refractivity (Wildman–Crippen MR) is 54.3 cm³/mol. The molecule has 0 atom stereocenters. The van der Waals surface area contributed by atoms with Gasteiger partial charge in [0.25, 0.3) is 6.21 Å². The molecule has 0 aliphatic heterocycles. The van der Waals surface area contributed by atoms with E-state index in [9.17, 15) is 8.42 Å². The Bertz CT molecular complexity index is 518. The van der Waals surface area contributed by atoms with Gasteiger partial charge in [0, 0.05) is 0 Å². The fourth-order valence-corrected chi connectivity index (χ4v) is 1.99. The largest absolute Gasteiger partial charge is 0.506 e. The zero-order valence-corrected chi connectivity index (χ0v) is 8.48. The maximum Gasteiger partial charge on any atom is 0.272 e. The van der Waals surface area contributed by atoms with E-state index in [4.69, 9.17) is 16.4 Å². The molecule has 0 heterocycles. The Morgan fingerprint density at radius 1 is 1.53 bits per heavy atom. The van der Waals surface area contributed by atoms with Crippen molar-refractivity contribution in [3.05, 3.63) is 23.7 Å². The minimum absolute atomic E-state index is 0.0167. The average Bonchev–Trinajstić information content (AvgIpc) is 2.19. The summed E-state index contributed by atoms with van der Waals surface area (Å²) in [6, 6.07) is 3.57. The Kier molecular flexibility index (Phi) is 3.08. The summed E-state index contributed by atoms with van der Waals surface area (Å²) >= 11 is 0.